The SMILES string of the molecule is CN(CC(O)c1ccc(OS(=O)(=O)c2ccc(-c3cnco3)cc2)cc1)C(=O)OC(C)(C)C. The fourth-order valence-corrected chi connectivity index (χ4v) is 3.77. The number of aromatic nitrogens is 1. The van der Waals surface area contributed by atoms with Crippen LogP contribution in [0.2, 0.25) is 0 Å². The Hall–Kier alpha value is -3.37. The van der Waals surface area contributed by atoms with E-state index in [2.05, 4.69) is 4.98 Å². The van der Waals surface area contributed by atoms with Crippen molar-refractivity contribution in [1.29, 1.82) is 0 Å². The molecule has 33 heavy (non-hydrogen) atoms. The lowest BCUT2D eigenvalue weighted by molar-refractivity contribution is 0.0205. The van der Waals surface area contributed by atoms with Gasteiger partial charge in [-0.25, -0.2) is 9.78 Å². The first-order chi connectivity index (χ1) is 15.4. The number of rotatable bonds is 7. The third kappa shape index (κ3) is 6.56. The number of oxazole rings is 1. The van der Waals surface area contributed by atoms with E-state index in [0.717, 1.165) is 0 Å². The third-order valence-electron chi connectivity index (χ3n) is 4.48. The van der Waals surface area contributed by atoms with Crippen LogP contribution in [0.5, 0.6) is 5.75 Å². The van der Waals surface area contributed by atoms with E-state index in [9.17, 15) is 18.3 Å². The van der Waals surface area contributed by atoms with Gasteiger partial charge >= 0.3 is 16.2 Å². The number of hydrogen-bond acceptors (Lipinski definition) is 8. The number of ether oxygens (including phenoxy) is 1. The summed E-state index contributed by atoms with van der Waals surface area (Å²) in [6.45, 7) is 5.28. The summed E-state index contributed by atoms with van der Waals surface area (Å²) in [6.07, 6.45) is 1.28. The number of benzene rings is 2. The molecule has 0 fully saturated rings. The van der Waals surface area contributed by atoms with E-state index in [1.54, 1.807) is 32.9 Å². The van der Waals surface area contributed by atoms with Crippen LogP contribution in [-0.2, 0) is 14.9 Å². The van der Waals surface area contributed by atoms with Crippen molar-refractivity contribution >= 4 is 16.2 Å². The normalized spacial score (nSPS) is 12.8. The molecule has 1 amide bonds. The largest absolute Gasteiger partial charge is 0.444 e. The maximum Gasteiger partial charge on any atom is 0.410 e. The van der Waals surface area contributed by atoms with Crippen LogP contribution in [0.4, 0.5) is 4.79 Å². The molecule has 1 unspecified atom stereocenters. The molecule has 2 aromatic carbocycles. The van der Waals surface area contributed by atoms with Crippen molar-refractivity contribution < 1.29 is 31.7 Å². The van der Waals surface area contributed by atoms with Crippen LogP contribution in [0.3, 0.4) is 0 Å². The molecule has 1 N–H and O–H groups in total. The summed E-state index contributed by atoms with van der Waals surface area (Å²) in [5.74, 6) is 0.608. The number of aliphatic hydroxyl groups is 1. The first-order valence-corrected chi connectivity index (χ1v) is 11.5. The zero-order valence-corrected chi connectivity index (χ0v) is 19.6. The lowest BCUT2D eigenvalue weighted by Crippen LogP contribution is -2.36. The third-order valence-corrected chi connectivity index (χ3v) is 5.74. The second-order valence-corrected chi connectivity index (χ2v) is 9.92. The van der Waals surface area contributed by atoms with Gasteiger partial charge in [-0.15, -0.1) is 0 Å². The molecule has 1 atom stereocenters. The van der Waals surface area contributed by atoms with Gasteiger partial charge in [-0.2, -0.15) is 8.42 Å². The van der Waals surface area contributed by atoms with Gasteiger partial charge < -0.3 is 23.3 Å². The Morgan fingerprint density at radius 2 is 1.76 bits per heavy atom. The van der Waals surface area contributed by atoms with Crippen LogP contribution in [0.15, 0.2) is 70.4 Å². The Morgan fingerprint density at radius 3 is 2.30 bits per heavy atom. The standard InChI is InChI=1S/C23H26N2O7S/c1-23(2,3)31-22(27)25(4)14-20(26)16-5-9-18(10-6-16)32-33(28,29)19-11-7-17(8-12-19)21-13-24-15-30-21/h5-13,15,20,26H,14H2,1-4H3. The van der Waals surface area contributed by atoms with E-state index in [1.165, 1.54) is 60.9 Å². The van der Waals surface area contributed by atoms with Gasteiger partial charge in [-0.3, -0.25) is 0 Å². The van der Waals surface area contributed by atoms with Gasteiger partial charge in [0.05, 0.1) is 18.8 Å². The summed E-state index contributed by atoms with van der Waals surface area (Å²) in [5, 5.41) is 10.4. The van der Waals surface area contributed by atoms with E-state index >= 15 is 0 Å². The molecule has 176 valence electrons. The zero-order valence-electron chi connectivity index (χ0n) is 18.8. The topological polar surface area (TPSA) is 119 Å². The Labute approximate surface area is 192 Å². The number of carbonyl (C=O) groups excluding carboxylic acids is 1. The van der Waals surface area contributed by atoms with Crippen LogP contribution in [0.1, 0.15) is 32.4 Å². The number of carbonyl (C=O) groups is 1. The summed E-state index contributed by atoms with van der Waals surface area (Å²) in [5.41, 5.74) is 0.532. The van der Waals surface area contributed by atoms with Gasteiger partial charge in [-0.05, 0) is 62.7 Å². The van der Waals surface area contributed by atoms with E-state index in [-0.39, 0.29) is 17.2 Å². The summed E-state index contributed by atoms with van der Waals surface area (Å²) in [6, 6.07) is 12.0. The zero-order chi connectivity index (χ0) is 24.2. The van der Waals surface area contributed by atoms with Crippen LogP contribution < -0.4 is 4.18 Å². The number of aliphatic hydroxyl groups excluding tert-OH is 1. The summed E-state index contributed by atoms with van der Waals surface area (Å²) < 4.78 is 40.8. The van der Waals surface area contributed by atoms with Crippen LogP contribution >= 0.6 is 0 Å². The minimum Gasteiger partial charge on any atom is -0.444 e. The van der Waals surface area contributed by atoms with Gasteiger partial charge in [0.1, 0.15) is 16.2 Å². The minimum absolute atomic E-state index is 0.00491. The highest BCUT2D eigenvalue weighted by molar-refractivity contribution is 7.87. The van der Waals surface area contributed by atoms with Gasteiger partial charge in [0.15, 0.2) is 12.2 Å². The molecule has 1 heterocycles. The summed E-state index contributed by atoms with van der Waals surface area (Å²) in [7, 11) is -2.53. The number of hydrogen-bond donors (Lipinski definition) is 1. The first-order valence-electron chi connectivity index (χ1n) is 10.1. The number of nitrogens with zero attached hydrogens (tertiary/aromatic N) is 2. The number of likely N-dealkylation sites (N-methyl/N-ethyl adjacent to an activating group) is 1. The van der Waals surface area contributed by atoms with Crippen molar-refractivity contribution in [2.24, 2.45) is 0 Å². The Morgan fingerprint density at radius 1 is 1.12 bits per heavy atom. The number of amides is 1. The molecule has 0 radical (unpaired) electrons. The van der Waals surface area contributed by atoms with E-state index in [4.69, 9.17) is 13.3 Å². The van der Waals surface area contributed by atoms with Gasteiger partial charge in [0.2, 0.25) is 0 Å². The molecule has 3 aromatic rings. The molecule has 0 saturated carbocycles. The van der Waals surface area contributed by atoms with Crippen LogP contribution in [0.25, 0.3) is 11.3 Å². The Balaban J connectivity index is 1.63. The maximum absolute atomic E-state index is 12.6. The fourth-order valence-electron chi connectivity index (χ4n) is 2.84. The van der Waals surface area contributed by atoms with Crippen molar-refractivity contribution in [3.63, 3.8) is 0 Å². The molecule has 10 heteroatoms. The highest BCUT2D eigenvalue weighted by Crippen LogP contribution is 2.25. The monoisotopic (exact) mass is 474 g/mol. The van der Waals surface area contributed by atoms with Gasteiger partial charge in [0, 0.05) is 12.6 Å². The smallest absolute Gasteiger partial charge is 0.410 e. The molecule has 0 aliphatic rings. The molecule has 0 aliphatic heterocycles. The predicted octanol–water partition coefficient (Wildman–Crippen LogP) is 4.01. The van der Waals surface area contributed by atoms with Gasteiger partial charge in [-0.1, -0.05) is 12.1 Å². The lowest BCUT2D eigenvalue weighted by Gasteiger charge is -2.26. The molecular formula is C23H26N2O7S. The lowest BCUT2D eigenvalue weighted by atomic mass is 10.1. The van der Waals surface area contributed by atoms with Crippen molar-refractivity contribution in [3.05, 3.63) is 66.7 Å². The van der Waals surface area contributed by atoms with Crippen molar-refractivity contribution in [2.45, 2.75) is 37.4 Å². The fraction of sp³-hybridized carbons (Fsp3) is 0.304. The van der Waals surface area contributed by atoms with Crippen LogP contribution in [-0.4, -0.2) is 48.7 Å². The average Bonchev–Trinajstić information content (AvgIpc) is 3.28. The molecule has 1 aromatic heterocycles. The molecule has 3 rings (SSSR count). The van der Waals surface area contributed by atoms with Crippen molar-refractivity contribution in [1.82, 2.24) is 9.88 Å². The van der Waals surface area contributed by atoms with Gasteiger partial charge in [0.25, 0.3) is 0 Å². The molecule has 9 nitrogen and oxygen atoms in total. The quantitative estimate of drug-likeness (QED) is 0.510. The van der Waals surface area contributed by atoms with E-state index < -0.39 is 27.9 Å². The Kier molecular flexibility index (Phi) is 7.09. The molecule has 0 bridgehead atoms. The molecule has 0 saturated heterocycles. The highest BCUT2D eigenvalue weighted by Gasteiger charge is 2.22. The summed E-state index contributed by atoms with van der Waals surface area (Å²) >= 11 is 0. The molecular weight excluding hydrogens is 448 g/mol. The van der Waals surface area contributed by atoms with Crippen molar-refractivity contribution in [3.8, 4) is 17.1 Å². The minimum atomic E-state index is -4.06. The van der Waals surface area contributed by atoms with Crippen LogP contribution in [0, 0.1) is 0 Å². The Bertz CT molecular complexity index is 1170. The van der Waals surface area contributed by atoms with Crippen molar-refractivity contribution in [2.75, 3.05) is 13.6 Å². The second kappa shape index (κ2) is 9.63. The predicted molar refractivity (Wildman–Crippen MR) is 120 cm³/mol. The summed E-state index contributed by atoms with van der Waals surface area (Å²) in [4.78, 5) is 17.1. The molecule has 0 aliphatic carbocycles. The maximum atomic E-state index is 12.6. The highest BCUT2D eigenvalue weighted by atomic mass is 32.2. The average molecular weight is 475 g/mol. The molecule has 0 spiro atoms. The first kappa shape index (κ1) is 24.3. The van der Waals surface area contributed by atoms with E-state index in [0.29, 0.717) is 16.9 Å². The second-order valence-electron chi connectivity index (χ2n) is 8.37. The van der Waals surface area contributed by atoms with E-state index in [1.807, 2.05) is 0 Å².